The lowest BCUT2D eigenvalue weighted by Crippen LogP contribution is -2.37. The fourth-order valence-corrected chi connectivity index (χ4v) is 5.40. The standard InChI is InChI=1S/C17H25N3O5S/c1-18-12-14(26(24,25)19-7-3-2-4-8-19)11-15(18)17(23)20-9-5-6-13(20)10-16(21)22/h11-13H,2-10H2,1H3,(H,21,22). The number of hydrogen-bond donors (Lipinski definition) is 1. The predicted molar refractivity (Wildman–Crippen MR) is 94.3 cm³/mol. The first kappa shape index (κ1) is 18.9. The van der Waals surface area contributed by atoms with Gasteiger partial charge in [-0.25, -0.2) is 8.42 Å². The van der Waals surface area contributed by atoms with Gasteiger partial charge in [0.15, 0.2) is 0 Å². The van der Waals surface area contributed by atoms with Crippen molar-refractivity contribution < 1.29 is 23.1 Å². The predicted octanol–water partition coefficient (Wildman–Crippen LogP) is 1.28. The minimum absolute atomic E-state index is 0.0882. The molecule has 2 aliphatic heterocycles. The lowest BCUT2D eigenvalue weighted by Gasteiger charge is -2.25. The van der Waals surface area contributed by atoms with E-state index in [1.165, 1.54) is 21.1 Å². The monoisotopic (exact) mass is 383 g/mol. The summed E-state index contributed by atoms with van der Waals surface area (Å²) in [4.78, 5) is 25.6. The Balaban J connectivity index is 1.83. The highest BCUT2D eigenvalue weighted by Gasteiger charge is 2.34. The van der Waals surface area contributed by atoms with E-state index in [1.807, 2.05) is 0 Å². The molecule has 0 aromatic carbocycles. The third-order valence-electron chi connectivity index (χ3n) is 5.20. The van der Waals surface area contributed by atoms with E-state index in [-0.39, 0.29) is 29.0 Å². The molecule has 1 unspecified atom stereocenters. The minimum Gasteiger partial charge on any atom is -0.481 e. The van der Waals surface area contributed by atoms with Crippen LogP contribution in [0.1, 0.15) is 49.0 Å². The van der Waals surface area contributed by atoms with Crippen LogP contribution in [0.3, 0.4) is 0 Å². The normalized spacial score (nSPS) is 21.9. The molecule has 0 radical (unpaired) electrons. The average Bonchev–Trinajstić information content (AvgIpc) is 3.21. The van der Waals surface area contributed by atoms with Gasteiger partial charge in [-0.15, -0.1) is 0 Å². The summed E-state index contributed by atoms with van der Waals surface area (Å²) >= 11 is 0. The van der Waals surface area contributed by atoms with Gasteiger partial charge in [0.2, 0.25) is 10.0 Å². The van der Waals surface area contributed by atoms with Crippen LogP contribution in [0, 0.1) is 0 Å². The maximum Gasteiger partial charge on any atom is 0.305 e. The van der Waals surface area contributed by atoms with Gasteiger partial charge in [0, 0.05) is 38.9 Å². The van der Waals surface area contributed by atoms with E-state index >= 15 is 0 Å². The molecular formula is C17H25N3O5S. The van der Waals surface area contributed by atoms with Gasteiger partial charge in [0.1, 0.15) is 10.6 Å². The highest BCUT2D eigenvalue weighted by molar-refractivity contribution is 7.89. The van der Waals surface area contributed by atoms with Crippen molar-refractivity contribution in [1.82, 2.24) is 13.8 Å². The molecule has 0 aliphatic carbocycles. The number of piperidine rings is 1. The largest absolute Gasteiger partial charge is 0.481 e. The molecular weight excluding hydrogens is 358 g/mol. The summed E-state index contributed by atoms with van der Waals surface area (Å²) in [6.07, 6.45) is 5.53. The van der Waals surface area contributed by atoms with Crippen LogP contribution >= 0.6 is 0 Å². The quantitative estimate of drug-likeness (QED) is 0.826. The third-order valence-corrected chi connectivity index (χ3v) is 7.06. The van der Waals surface area contributed by atoms with Gasteiger partial charge in [0.05, 0.1) is 6.42 Å². The lowest BCUT2D eigenvalue weighted by atomic mass is 10.1. The van der Waals surface area contributed by atoms with Crippen molar-refractivity contribution in [2.24, 2.45) is 7.05 Å². The Kier molecular flexibility index (Phi) is 5.38. The number of carboxylic acids is 1. The first-order valence-corrected chi connectivity index (χ1v) is 10.4. The van der Waals surface area contributed by atoms with E-state index in [1.54, 1.807) is 11.9 Å². The number of rotatable bonds is 5. The fourth-order valence-electron chi connectivity index (χ4n) is 3.81. The molecule has 1 atom stereocenters. The summed E-state index contributed by atoms with van der Waals surface area (Å²) < 4.78 is 28.6. The Morgan fingerprint density at radius 1 is 1.15 bits per heavy atom. The first-order valence-electron chi connectivity index (χ1n) is 9.00. The van der Waals surface area contributed by atoms with Crippen LogP contribution in [-0.2, 0) is 21.9 Å². The van der Waals surface area contributed by atoms with Crippen molar-refractivity contribution in [1.29, 1.82) is 0 Å². The molecule has 0 bridgehead atoms. The van der Waals surface area contributed by atoms with Crippen molar-refractivity contribution in [3.63, 3.8) is 0 Å². The van der Waals surface area contributed by atoms with E-state index in [9.17, 15) is 18.0 Å². The molecule has 1 aromatic heterocycles. The second kappa shape index (κ2) is 7.40. The summed E-state index contributed by atoms with van der Waals surface area (Å²) in [5, 5.41) is 9.03. The van der Waals surface area contributed by atoms with Crippen molar-refractivity contribution in [3.05, 3.63) is 18.0 Å². The Hall–Kier alpha value is -1.87. The number of hydrogen-bond acceptors (Lipinski definition) is 4. The molecule has 0 spiro atoms. The smallest absolute Gasteiger partial charge is 0.305 e. The van der Waals surface area contributed by atoms with Crippen molar-refractivity contribution in [3.8, 4) is 0 Å². The zero-order chi connectivity index (χ0) is 18.9. The highest BCUT2D eigenvalue weighted by atomic mass is 32.2. The zero-order valence-electron chi connectivity index (χ0n) is 14.9. The summed E-state index contributed by atoms with van der Waals surface area (Å²) in [5.74, 6) is -1.24. The Bertz CT molecular complexity index is 795. The molecule has 9 heteroatoms. The van der Waals surface area contributed by atoms with Crippen LogP contribution in [0.2, 0.25) is 0 Å². The van der Waals surface area contributed by atoms with Crippen LogP contribution in [0.15, 0.2) is 17.2 Å². The molecule has 1 aromatic rings. The fraction of sp³-hybridized carbons (Fsp3) is 0.647. The number of likely N-dealkylation sites (tertiary alicyclic amines) is 1. The summed E-state index contributed by atoms with van der Waals surface area (Å²) in [7, 11) is -1.96. The molecule has 2 fully saturated rings. The van der Waals surface area contributed by atoms with E-state index in [0.717, 1.165) is 25.7 Å². The minimum atomic E-state index is -3.61. The average molecular weight is 383 g/mol. The van der Waals surface area contributed by atoms with Gasteiger partial charge in [-0.3, -0.25) is 9.59 Å². The second-order valence-electron chi connectivity index (χ2n) is 7.03. The maximum absolute atomic E-state index is 12.9. The molecule has 26 heavy (non-hydrogen) atoms. The number of carboxylic acid groups (broad SMARTS) is 1. The number of carbonyl (C=O) groups is 2. The topological polar surface area (TPSA) is 99.9 Å². The van der Waals surface area contributed by atoms with Crippen molar-refractivity contribution in [2.45, 2.75) is 49.5 Å². The molecule has 2 saturated heterocycles. The van der Waals surface area contributed by atoms with Gasteiger partial charge in [-0.2, -0.15) is 4.31 Å². The highest BCUT2D eigenvalue weighted by Crippen LogP contribution is 2.26. The van der Waals surface area contributed by atoms with Gasteiger partial charge >= 0.3 is 5.97 Å². The number of sulfonamides is 1. The van der Waals surface area contributed by atoms with Crippen LogP contribution in [-0.4, -0.2) is 64.8 Å². The molecule has 1 amide bonds. The molecule has 2 aliphatic rings. The summed E-state index contributed by atoms with van der Waals surface area (Å²) in [5.41, 5.74) is 0.276. The van der Waals surface area contributed by atoms with Crippen molar-refractivity contribution in [2.75, 3.05) is 19.6 Å². The van der Waals surface area contributed by atoms with E-state index in [2.05, 4.69) is 0 Å². The number of nitrogens with zero attached hydrogens (tertiary/aromatic N) is 3. The molecule has 3 rings (SSSR count). The number of amides is 1. The van der Waals surface area contributed by atoms with E-state index in [4.69, 9.17) is 5.11 Å². The molecule has 3 heterocycles. The number of aromatic nitrogens is 1. The Morgan fingerprint density at radius 2 is 1.85 bits per heavy atom. The maximum atomic E-state index is 12.9. The number of carbonyl (C=O) groups excluding carboxylic acids is 1. The summed E-state index contributed by atoms with van der Waals surface area (Å²) in [6, 6.07) is 1.08. The van der Waals surface area contributed by atoms with Crippen LogP contribution < -0.4 is 0 Å². The van der Waals surface area contributed by atoms with E-state index in [0.29, 0.717) is 26.1 Å². The van der Waals surface area contributed by atoms with Crippen LogP contribution in [0.25, 0.3) is 0 Å². The van der Waals surface area contributed by atoms with Crippen molar-refractivity contribution >= 4 is 21.9 Å². The second-order valence-corrected chi connectivity index (χ2v) is 8.97. The Labute approximate surface area is 153 Å². The SMILES string of the molecule is Cn1cc(S(=O)(=O)N2CCCCC2)cc1C(=O)N1CCCC1CC(=O)O. The molecule has 1 N–H and O–H groups in total. The summed E-state index contributed by atoms with van der Waals surface area (Å²) in [6.45, 7) is 1.51. The first-order chi connectivity index (χ1) is 12.3. The zero-order valence-corrected chi connectivity index (χ0v) is 15.7. The van der Waals surface area contributed by atoms with Crippen LogP contribution in [0.4, 0.5) is 0 Å². The number of aryl methyl sites for hydroxylation is 1. The molecule has 0 saturated carbocycles. The lowest BCUT2D eigenvalue weighted by molar-refractivity contribution is -0.137. The van der Waals surface area contributed by atoms with Gasteiger partial charge in [-0.05, 0) is 31.7 Å². The van der Waals surface area contributed by atoms with Gasteiger partial charge in [-0.1, -0.05) is 6.42 Å². The Morgan fingerprint density at radius 3 is 2.50 bits per heavy atom. The van der Waals surface area contributed by atoms with E-state index < -0.39 is 16.0 Å². The molecule has 8 nitrogen and oxygen atoms in total. The van der Waals surface area contributed by atoms with Crippen LogP contribution in [0.5, 0.6) is 0 Å². The number of aliphatic carboxylic acids is 1. The third kappa shape index (κ3) is 3.64. The molecule has 144 valence electrons. The van der Waals surface area contributed by atoms with Gasteiger partial charge in [0.25, 0.3) is 5.91 Å². The van der Waals surface area contributed by atoms with Gasteiger partial charge < -0.3 is 14.6 Å².